The average Bonchev–Trinajstić information content (AvgIpc) is 3.42. The zero-order valence-corrected chi connectivity index (χ0v) is 23.6. The van der Waals surface area contributed by atoms with Gasteiger partial charge in [-0.05, 0) is 61.7 Å². The van der Waals surface area contributed by atoms with Crippen molar-refractivity contribution in [3.63, 3.8) is 0 Å². The van der Waals surface area contributed by atoms with Crippen molar-refractivity contribution < 1.29 is 28.6 Å². The molecule has 2 aromatic carbocycles. The van der Waals surface area contributed by atoms with Gasteiger partial charge in [-0.15, -0.1) is 10.2 Å². The summed E-state index contributed by atoms with van der Waals surface area (Å²) in [5, 5.41) is 30.6. The van der Waals surface area contributed by atoms with E-state index in [2.05, 4.69) is 15.2 Å². The summed E-state index contributed by atoms with van der Waals surface area (Å²) in [5.74, 6) is -1.33. The molecule has 1 aliphatic carbocycles. The summed E-state index contributed by atoms with van der Waals surface area (Å²) in [6.07, 6.45) is 2.47. The molecule has 12 heteroatoms. The van der Waals surface area contributed by atoms with Gasteiger partial charge >= 0.3 is 0 Å². The molecule has 9 nitrogen and oxygen atoms in total. The summed E-state index contributed by atoms with van der Waals surface area (Å²) in [5.41, 5.74) is -3.99. The molecule has 4 aromatic rings. The van der Waals surface area contributed by atoms with Gasteiger partial charge in [-0.2, -0.15) is 0 Å². The molecule has 0 spiro atoms. The van der Waals surface area contributed by atoms with Crippen molar-refractivity contribution in [2.24, 2.45) is 0 Å². The number of pyridine rings is 1. The van der Waals surface area contributed by atoms with Crippen LogP contribution in [0.3, 0.4) is 0 Å². The molecule has 0 radical (unpaired) electrons. The van der Waals surface area contributed by atoms with Crippen LogP contribution in [-0.2, 0) is 22.6 Å². The fourth-order valence-electron chi connectivity index (χ4n) is 5.02. The quantitative estimate of drug-likeness (QED) is 0.294. The Hall–Kier alpha value is -3.41. The molecule has 2 N–H and O–H groups in total. The highest BCUT2D eigenvalue weighted by atomic mass is 35.5. The topological polar surface area (TPSA) is 122 Å². The molecule has 0 saturated heterocycles. The summed E-state index contributed by atoms with van der Waals surface area (Å²) in [4.78, 5) is 19.9. The minimum Gasteiger partial charge on any atom is -0.422 e. The average molecular weight is 599 g/mol. The van der Waals surface area contributed by atoms with Gasteiger partial charge in [-0.1, -0.05) is 35.3 Å². The highest BCUT2D eigenvalue weighted by Crippen LogP contribution is 2.50. The van der Waals surface area contributed by atoms with E-state index in [1.165, 1.54) is 24.1 Å². The number of halogens is 3. The van der Waals surface area contributed by atoms with Crippen LogP contribution in [0.1, 0.15) is 64.3 Å². The Labute approximate surface area is 244 Å². The van der Waals surface area contributed by atoms with Gasteiger partial charge in [0.1, 0.15) is 5.82 Å². The molecular formula is C29H25Cl2FN4O5. The summed E-state index contributed by atoms with van der Waals surface area (Å²) < 4.78 is 28.4. The normalized spacial score (nSPS) is 20.7. The van der Waals surface area contributed by atoms with Gasteiger partial charge in [-0.25, -0.2) is 4.39 Å². The molecule has 1 aliphatic heterocycles. The van der Waals surface area contributed by atoms with Crippen LogP contribution in [0, 0.1) is 12.7 Å². The van der Waals surface area contributed by atoms with Gasteiger partial charge in [0, 0.05) is 23.7 Å². The number of aliphatic hydroxyl groups is 2. The summed E-state index contributed by atoms with van der Waals surface area (Å²) in [7, 11) is 0. The maximum absolute atomic E-state index is 16.5. The molecule has 6 rings (SSSR count). The Balaban J connectivity index is 1.56. The zero-order chi connectivity index (χ0) is 29.2. The third kappa shape index (κ3) is 4.79. The van der Waals surface area contributed by atoms with E-state index in [1.54, 1.807) is 43.3 Å². The summed E-state index contributed by atoms with van der Waals surface area (Å²) in [6.45, 7) is 2.70. The van der Waals surface area contributed by atoms with Crippen molar-refractivity contribution in [3.05, 3.63) is 110 Å². The standard InChI is InChI=1S/C29H25Cl2FN4O5/c1-16-34-35-26(41-16)27(2,38)18-11-22-24(23(32)12-18)29(40-15-28(39)9-10-28,17-3-5-19(30)6-4-17)36(25(22)37)14-21-8-7-20(31)13-33-21/h3-8,11-13,38-39H,9-10,14-15H2,1-2H3/t27?,29-/m1/s1. The predicted octanol–water partition coefficient (Wildman–Crippen LogP) is 4.87. The van der Waals surface area contributed by atoms with Crippen LogP contribution in [0.5, 0.6) is 0 Å². The number of carbonyl (C=O) groups excluding carboxylic acids is 1. The van der Waals surface area contributed by atoms with Crippen LogP contribution in [0.25, 0.3) is 0 Å². The number of amides is 1. The number of benzene rings is 2. The van der Waals surface area contributed by atoms with Crippen LogP contribution in [0.2, 0.25) is 10.0 Å². The van der Waals surface area contributed by atoms with E-state index in [0.29, 0.717) is 34.1 Å². The summed E-state index contributed by atoms with van der Waals surface area (Å²) in [6, 6.07) is 12.3. The number of hydrogen-bond donors (Lipinski definition) is 2. The van der Waals surface area contributed by atoms with Crippen molar-refractivity contribution >= 4 is 29.1 Å². The van der Waals surface area contributed by atoms with Crippen molar-refractivity contribution in [3.8, 4) is 0 Å². The first-order valence-corrected chi connectivity index (χ1v) is 13.6. The first-order valence-electron chi connectivity index (χ1n) is 12.9. The Morgan fingerprint density at radius 2 is 1.83 bits per heavy atom. The number of rotatable bonds is 8. The fourth-order valence-corrected chi connectivity index (χ4v) is 5.26. The number of carbonyl (C=O) groups is 1. The first-order chi connectivity index (χ1) is 19.4. The van der Waals surface area contributed by atoms with E-state index < -0.39 is 28.7 Å². The minimum atomic E-state index is -1.91. The lowest BCUT2D eigenvalue weighted by molar-refractivity contribution is -0.139. The zero-order valence-electron chi connectivity index (χ0n) is 22.1. The maximum atomic E-state index is 16.5. The molecule has 1 unspecified atom stereocenters. The molecule has 3 heterocycles. The van der Waals surface area contributed by atoms with E-state index in [-0.39, 0.29) is 41.6 Å². The third-order valence-corrected chi connectivity index (χ3v) is 7.99. The van der Waals surface area contributed by atoms with Crippen molar-refractivity contribution in [2.45, 2.75) is 50.2 Å². The van der Waals surface area contributed by atoms with Crippen LogP contribution in [0.4, 0.5) is 4.39 Å². The summed E-state index contributed by atoms with van der Waals surface area (Å²) >= 11 is 12.2. The van der Waals surface area contributed by atoms with Gasteiger partial charge < -0.3 is 19.4 Å². The number of hydrogen-bond acceptors (Lipinski definition) is 8. The van der Waals surface area contributed by atoms with Crippen LogP contribution in [0.15, 0.2) is 59.1 Å². The van der Waals surface area contributed by atoms with E-state index >= 15 is 4.39 Å². The molecule has 0 bridgehead atoms. The van der Waals surface area contributed by atoms with Crippen LogP contribution in [-0.4, -0.2) is 48.4 Å². The molecule has 1 saturated carbocycles. The Morgan fingerprint density at radius 1 is 1.12 bits per heavy atom. The minimum absolute atomic E-state index is 0.0306. The highest BCUT2D eigenvalue weighted by Gasteiger charge is 2.56. The second-order valence-corrected chi connectivity index (χ2v) is 11.5. The third-order valence-electron chi connectivity index (χ3n) is 7.51. The van der Waals surface area contributed by atoms with Gasteiger partial charge in [-0.3, -0.25) is 14.7 Å². The van der Waals surface area contributed by atoms with E-state index in [9.17, 15) is 15.0 Å². The van der Waals surface area contributed by atoms with Crippen molar-refractivity contribution in [1.82, 2.24) is 20.1 Å². The number of ether oxygens (including phenoxy) is 1. The molecule has 2 atom stereocenters. The van der Waals surface area contributed by atoms with E-state index in [4.69, 9.17) is 32.4 Å². The SMILES string of the molecule is Cc1nnc(C(C)(O)c2cc(F)c3c(c2)C(=O)N(Cc2ccc(Cl)cn2)[C@@]3(OCC2(O)CC2)c2ccc(Cl)cc2)o1. The maximum Gasteiger partial charge on any atom is 0.257 e. The molecule has 2 aromatic heterocycles. The molecule has 41 heavy (non-hydrogen) atoms. The lowest BCUT2D eigenvalue weighted by Crippen LogP contribution is -2.48. The van der Waals surface area contributed by atoms with Gasteiger partial charge in [0.25, 0.3) is 11.8 Å². The Morgan fingerprint density at radius 3 is 2.44 bits per heavy atom. The van der Waals surface area contributed by atoms with E-state index in [1.807, 2.05) is 0 Å². The van der Waals surface area contributed by atoms with Crippen molar-refractivity contribution in [1.29, 1.82) is 0 Å². The molecule has 212 valence electrons. The van der Waals surface area contributed by atoms with Crippen molar-refractivity contribution in [2.75, 3.05) is 6.61 Å². The highest BCUT2D eigenvalue weighted by molar-refractivity contribution is 6.30. The second-order valence-electron chi connectivity index (χ2n) is 10.6. The number of nitrogens with zero attached hydrogens (tertiary/aromatic N) is 4. The van der Waals surface area contributed by atoms with Gasteiger partial charge in [0.05, 0.1) is 40.6 Å². The lowest BCUT2D eigenvalue weighted by atomic mass is 9.88. The van der Waals surface area contributed by atoms with E-state index in [0.717, 1.165) is 6.07 Å². The predicted molar refractivity (Wildman–Crippen MR) is 146 cm³/mol. The van der Waals surface area contributed by atoms with Crippen LogP contribution >= 0.6 is 23.2 Å². The monoisotopic (exact) mass is 598 g/mol. The Kier molecular flexibility index (Phi) is 6.67. The van der Waals surface area contributed by atoms with Gasteiger partial charge in [0.15, 0.2) is 11.3 Å². The van der Waals surface area contributed by atoms with Gasteiger partial charge in [0.2, 0.25) is 5.89 Å². The first kappa shape index (κ1) is 27.7. The second kappa shape index (κ2) is 9.85. The molecule has 2 aliphatic rings. The lowest BCUT2D eigenvalue weighted by Gasteiger charge is -2.40. The fraction of sp³-hybridized carbons (Fsp3) is 0.310. The van der Waals surface area contributed by atoms with Crippen LogP contribution < -0.4 is 0 Å². The largest absolute Gasteiger partial charge is 0.422 e. The molecule has 1 fully saturated rings. The Bertz CT molecular complexity index is 1640. The number of aryl methyl sites for hydroxylation is 1. The number of fused-ring (bicyclic) bond motifs is 1. The molecule has 1 amide bonds. The smallest absolute Gasteiger partial charge is 0.257 e. The number of aromatic nitrogens is 3. The molecular weight excluding hydrogens is 574 g/mol.